The Kier molecular flexibility index (Phi) is 15.6. The van der Waals surface area contributed by atoms with Crippen LogP contribution in [0.5, 0.6) is 0 Å². The minimum Gasteiger partial charge on any atom is -0.455 e. The highest BCUT2D eigenvalue weighted by Gasteiger charge is 2.20. The number of rotatable bonds is 16. The van der Waals surface area contributed by atoms with Crippen LogP contribution in [0.3, 0.4) is 0 Å². The number of furan rings is 1. The lowest BCUT2D eigenvalue weighted by Crippen LogP contribution is -2.10. The van der Waals surface area contributed by atoms with Crippen molar-refractivity contribution in [2.75, 3.05) is 14.7 Å². The Bertz CT molecular complexity index is 5880. The summed E-state index contributed by atoms with van der Waals surface area (Å²) in [6.45, 7) is 0. The first kappa shape index (κ1) is 59.9. The topological polar surface area (TPSA) is 22.9 Å². The third kappa shape index (κ3) is 11.7. The van der Waals surface area contributed by atoms with Crippen molar-refractivity contribution in [1.82, 2.24) is 0 Å². The molecular formula is C94H63N3OS2. The number of benzene rings is 15. The third-order valence-corrected chi connectivity index (χ3v) is 21.4. The van der Waals surface area contributed by atoms with Crippen LogP contribution in [0.4, 0.5) is 51.2 Å². The predicted octanol–water partition coefficient (Wildman–Crippen LogP) is 28.1. The van der Waals surface area contributed by atoms with Crippen molar-refractivity contribution in [1.29, 1.82) is 0 Å². The molecule has 100 heavy (non-hydrogen) atoms. The molecule has 4 nitrogen and oxygen atoms in total. The van der Waals surface area contributed by atoms with Gasteiger partial charge in [-0.05, 0) is 224 Å². The molecule has 0 aliphatic heterocycles. The Balaban J connectivity index is 0.581. The van der Waals surface area contributed by atoms with Gasteiger partial charge in [0, 0.05) is 86.7 Å². The fourth-order valence-corrected chi connectivity index (χ4v) is 16.1. The molecule has 0 aliphatic carbocycles. The number of nitrogens with zero attached hydrogens (tertiary/aromatic N) is 3. The molecule has 15 aromatic carbocycles. The maximum Gasteiger partial charge on any atom is 0.143 e. The van der Waals surface area contributed by atoms with Gasteiger partial charge in [-0.3, -0.25) is 0 Å². The van der Waals surface area contributed by atoms with E-state index in [1.807, 2.05) is 34.8 Å². The standard InChI is InChI=1S/C94H63N3OS2/c1-4-16-64(17-5-1)65-30-45-81(46-31-65)97(83-53-38-69(39-54-83)86-26-15-27-88-87-25-11-12-28-89(87)98-94(86)88)82-51-36-68(37-52-82)72-19-14-20-73(60-72)74-44-59-91-76(61-74)63-93(100-91)71-42-57-85(58-43-71)96(78-23-8-3-9-24-78)80-49-34-67(35-50-80)66-32-47-79(48-33-66)95(77-21-6-2-7-22-77)84-55-40-70(41-56-84)92-62-75-18-10-13-29-90(75)99-92/h1-63H. The molecule has 0 aliphatic rings. The number of hydrogen-bond donors (Lipinski definition) is 0. The summed E-state index contributed by atoms with van der Waals surface area (Å²) in [5.74, 6) is 0. The van der Waals surface area contributed by atoms with E-state index < -0.39 is 0 Å². The highest BCUT2D eigenvalue weighted by Crippen LogP contribution is 2.45. The first-order chi connectivity index (χ1) is 49.5. The fraction of sp³-hybridized carbons (Fsp3) is 0. The van der Waals surface area contributed by atoms with Crippen molar-refractivity contribution < 1.29 is 4.42 Å². The molecule has 0 bridgehead atoms. The molecule has 0 saturated carbocycles. The lowest BCUT2D eigenvalue weighted by atomic mass is 9.98. The molecule has 3 heterocycles. The van der Waals surface area contributed by atoms with Crippen molar-refractivity contribution >= 4 is 116 Å². The zero-order valence-electron chi connectivity index (χ0n) is 54.4. The van der Waals surface area contributed by atoms with Crippen molar-refractivity contribution in [3.63, 3.8) is 0 Å². The molecule has 0 saturated heterocycles. The highest BCUT2D eigenvalue weighted by atomic mass is 32.1. The van der Waals surface area contributed by atoms with E-state index in [-0.39, 0.29) is 0 Å². The molecule has 18 aromatic rings. The van der Waals surface area contributed by atoms with E-state index in [0.29, 0.717) is 0 Å². The first-order valence-corrected chi connectivity index (χ1v) is 35.5. The van der Waals surface area contributed by atoms with Gasteiger partial charge in [-0.1, -0.05) is 231 Å². The molecule has 0 atom stereocenters. The van der Waals surface area contributed by atoms with Crippen molar-refractivity contribution in [3.05, 3.63) is 382 Å². The van der Waals surface area contributed by atoms with Gasteiger partial charge in [0.2, 0.25) is 0 Å². The van der Waals surface area contributed by atoms with E-state index in [1.165, 1.54) is 63.3 Å². The van der Waals surface area contributed by atoms with Gasteiger partial charge >= 0.3 is 0 Å². The molecule has 0 N–H and O–H groups in total. The lowest BCUT2D eigenvalue weighted by Gasteiger charge is -2.26. The zero-order chi connectivity index (χ0) is 66.3. The minimum absolute atomic E-state index is 0.899. The van der Waals surface area contributed by atoms with Crippen molar-refractivity contribution in [3.8, 4) is 76.5 Å². The predicted molar refractivity (Wildman–Crippen MR) is 427 cm³/mol. The number of thiophene rings is 2. The van der Waals surface area contributed by atoms with Gasteiger partial charge in [-0.15, -0.1) is 22.7 Å². The highest BCUT2D eigenvalue weighted by molar-refractivity contribution is 7.22. The Morgan fingerprint density at radius 2 is 0.530 bits per heavy atom. The summed E-state index contributed by atoms with van der Waals surface area (Å²) in [4.78, 5) is 9.52. The SMILES string of the molecule is c1ccc(-c2ccc(N(c3ccc(-c4cccc(-c5ccc6sc(-c7ccc(N(c8ccccc8)c8ccc(-c9ccc(N(c%10ccccc%10)c%10ccc(-c%11cc%12ccccc%12s%11)cc%10)cc9)cc8)cc7)cc6c5)c4)cc3)c3ccc(-c4cccc5c4oc4ccccc45)cc3)cc2)cc1. The molecule has 0 fully saturated rings. The zero-order valence-corrected chi connectivity index (χ0v) is 56.1. The molecule has 0 radical (unpaired) electrons. The van der Waals surface area contributed by atoms with E-state index in [4.69, 9.17) is 4.42 Å². The Labute approximate surface area is 589 Å². The van der Waals surface area contributed by atoms with Crippen molar-refractivity contribution in [2.45, 2.75) is 0 Å². The second kappa shape index (κ2) is 26.1. The second-order valence-corrected chi connectivity index (χ2v) is 27.4. The van der Waals surface area contributed by atoms with E-state index in [9.17, 15) is 0 Å². The van der Waals surface area contributed by atoms with Gasteiger partial charge in [0.1, 0.15) is 11.2 Å². The molecule has 472 valence electrons. The largest absolute Gasteiger partial charge is 0.455 e. The van der Waals surface area contributed by atoms with E-state index >= 15 is 0 Å². The molecular weight excluding hydrogens is 1250 g/mol. The molecule has 0 amide bonds. The van der Waals surface area contributed by atoms with Crippen LogP contribution in [-0.4, -0.2) is 0 Å². The Morgan fingerprint density at radius 3 is 1.03 bits per heavy atom. The van der Waals surface area contributed by atoms with Crippen LogP contribution in [0.2, 0.25) is 0 Å². The van der Waals surface area contributed by atoms with Gasteiger partial charge < -0.3 is 19.1 Å². The summed E-state index contributed by atoms with van der Waals surface area (Å²) >= 11 is 3.68. The van der Waals surface area contributed by atoms with Crippen LogP contribution in [0.25, 0.3) is 119 Å². The summed E-state index contributed by atoms with van der Waals surface area (Å²) in [5.41, 5.74) is 25.6. The third-order valence-electron chi connectivity index (χ3n) is 19.1. The van der Waals surface area contributed by atoms with Crippen LogP contribution < -0.4 is 14.7 Å². The summed E-state index contributed by atoms with van der Waals surface area (Å²) in [6, 6.07) is 138. The van der Waals surface area contributed by atoms with E-state index in [2.05, 4.69) is 385 Å². The number of para-hydroxylation sites is 4. The quantitative estimate of drug-likeness (QED) is 0.0962. The molecule has 0 unspecified atom stereocenters. The van der Waals surface area contributed by atoms with Gasteiger partial charge in [0.15, 0.2) is 0 Å². The first-order valence-electron chi connectivity index (χ1n) is 33.8. The van der Waals surface area contributed by atoms with Gasteiger partial charge in [0.05, 0.1) is 0 Å². The number of anilines is 9. The van der Waals surface area contributed by atoms with Crippen LogP contribution in [0.15, 0.2) is 387 Å². The smallest absolute Gasteiger partial charge is 0.143 e. The number of hydrogen-bond acceptors (Lipinski definition) is 6. The van der Waals surface area contributed by atoms with Crippen LogP contribution in [0, 0.1) is 0 Å². The lowest BCUT2D eigenvalue weighted by molar-refractivity contribution is 0.670. The van der Waals surface area contributed by atoms with Gasteiger partial charge in [0.25, 0.3) is 0 Å². The second-order valence-electron chi connectivity index (χ2n) is 25.2. The van der Waals surface area contributed by atoms with E-state index in [0.717, 1.165) is 107 Å². The van der Waals surface area contributed by atoms with Crippen molar-refractivity contribution in [2.24, 2.45) is 0 Å². The normalized spacial score (nSPS) is 11.4. The van der Waals surface area contributed by atoms with Gasteiger partial charge in [-0.2, -0.15) is 0 Å². The summed E-state index contributed by atoms with van der Waals surface area (Å²) < 4.78 is 9.03. The van der Waals surface area contributed by atoms with Gasteiger partial charge in [-0.25, -0.2) is 0 Å². The van der Waals surface area contributed by atoms with Crippen LogP contribution >= 0.6 is 22.7 Å². The monoisotopic (exact) mass is 1310 g/mol. The molecule has 0 spiro atoms. The van der Waals surface area contributed by atoms with Crippen LogP contribution in [0.1, 0.15) is 0 Å². The Hall–Kier alpha value is -12.6. The number of fused-ring (bicyclic) bond motifs is 5. The average molecular weight is 1310 g/mol. The summed E-state index contributed by atoms with van der Waals surface area (Å²) in [7, 11) is 0. The minimum atomic E-state index is 0.899. The summed E-state index contributed by atoms with van der Waals surface area (Å²) in [5, 5.41) is 4.77. The molecule has 3 aromatic heterocycles. The molecule has 18 rings (SSSR count). The fourth-order valence-electron chi connectivity index (χ4n) is 14.0. The summed E-state index contributed by atoms with van der Waals surface area (Å²) in [6.07, 6.45) is 0. The maximum absolute atomic E-state index is 6.47. The maximum atomic E-state index is 6.47. The molecule has 6 heteroatoms. The van der Waals surface area contributed by atoms with Crippen LogP contribution in [-0.2, 0) is 0 Å². The average Bonchev–Trinajstić information content (AvgIpc) is 1.58. The Morgan fingerprint density at radius 1 is 0.200 bits per heavy atom. The van der Waals surface area contributed by atoms with E-state index in [1.54, 1.807) is 0 Å².